The fraction of sp³-hybridized carbons (Fsp3) is 0.520. The number of benzene rings is 1. The summed E-state index contributed by atoms with van der Waals surface area (Å²) in [7, 11) is 0. The van der Waals surface area contributed by atoms with Gasteiger partial charge in [0.25, 0.3) is 0 Å². The number of amides is 4. The van der Waals surface area contributed by atoms with Crippen molar-refractivity contribution in [3.05, 3.63) is 35.9 Å². The summed E-state index contributed by atoms with van der Waals surface area (Å²) in [5, 5.41) is 25.5. The second-order valence-corrected chi connectivity index (χ2v) is 9.38. The van der Waals surface area contributed by atoms with Crippen LogP contribution in [0.3, 0.4) is 0 Å². The van der Waals surface area contributed by atoms with Gasteiger partial charge >= 0.3 is 11.9 Å². The third-order valence-corrected chi connectivity index (χ3v) is 5.55. The lowest BCUT2D eigenvalue weighted by Crippen LogP contribution is -2.57. The van der Waals surface area contributed by atoms with Gasteiger partial charge in [-0.15, -0.1) is 0 Å². The first-order chi connectivity index (χ1) is 17.8. The van der Waals surface area contributed by atoms with Crippen molar-refractivity contribution in [2.75, 3.05) is 0 Å². The number of carboxylic acids is 2. The van der Waals surface area contributed by atoms with Crippen molar-refractivity contribution in [3.8, 4) is 0 Å². The molecule has 0 saturated heterocycles. The summed E-state index contributed by atoms with van der Waals surface area (Å²) >= 11 is 0. The molecule has 13 nitrogen and oxygen atoms in total. The van der Waals surface area contributed by atoms with E-state index in [1.807, 2.05) is 6.07 Å². The van der Waals surface area contributed by atoms with Crippen molar-refractivity contribution in [3.63, 3.8) is 0 Å². The third-order valence-electron chi connectivity index (χ3n) is 5.55. The molecule has 1 rings (SSSR count). The normalized spacial score (nSPS) is 14.0. The Morgan fingerprint density at radius 2 is 1.32 bits per heavy atom. The number of hydrogen-bond acceptors (Lipinski definition) is 7. The molecule has 0 bridgehead atoms. The average molecular weight is 536 g/mol. The summed E-state index contributed by atoms with van der Waals surface area (Å²) < 4.78 is 0. The minimum absolute atomic E-state index is 0.105. The molecule has 9 N–H and O–H groups in total. The van der Waals surface area contributed by atoms with Crippen molar-refractivity contribution < 1.29 is 39.0 Å². The van der Waals surface area contributed by atoms with E-state index >= 15 is 0 Å². The molecule has 0 aliphatic heterocycles. The number of primary amides is 1. The number of aliphatic carboxylic acids is 2. The molecule has 1 aromatic rings. The van der Waals surface area contributed by atoms with Crippen LogP contribution in [-0.2, 0) is 35.2 Å². The van der Waals surface area contributed by atoms with Crippen molar-refractivity contribution >= 4 is 35.6 Å². The molecule has 38 heavy (non-hydrogen) atoms. The Morgan fingerprint density at radius 1 is 0.789 bits per heavy atom. The second kappa shape index (κ2) is 16.0. The Labute approximate surface area is 220 Å². The monoisotopic (exact) mass is 535 g/mol. The Hall–Kier alpha value is -4.00. The Kier molecular flexibility index (Phi) is 13.5. The minimum atomic E-state index is -1.48. The Morgan fingerprint density at radius 3 is 1.84 bits per heavy atom. The first-order valence-electron chi connectivity index (χ1n) is 12.2. The van der Waals surface area contributed by atoms with Gasteiger partial charge in [-0.2, -0.15) is 0 Å². The van der Waals surface area contributed by atoms with E-state index in [1.165, 1.54) is 0 Å². The maximum Gasteiger partial charge on any atom is 0.326 e. The number of nitrogens with one attached hydrogen (secondary N) is 3. The third kappa shape index (κ3) is 12.3. The van der Waals surface area contributed by atoms with Crippen LogP contribution in [-0.4, -0.2) is 69.9 Å². The first-order valence-corrected chi connectivity index (χ1v) is 12.2. The zero-order valence-electron chi connectivity index (χ0n) is 21.5. The van der Waals surface area contributed by atoms with Crippen LogP contribution in [0.5, 0.6) is 0 Å². The quantitative estimate of drug-likeness (QED) is 0.133. The van der Waals surface area contributed by atoms with Gasteiger partial charge in [-0.3, -0.25) is 24.0 Å². The molecule has 210 valence electrons. The minimum Gasteiger partial charge on any atom is -0.481 e. The number of carbonyl (C=O) groups excluding carboxylic acids is 4. The van der Waals surface area contributed by atoms with Crippen molar-refractivity contribution in [1.82, 2.24) is 16.0 Å². The molecule has 0 radical (unpaired) electrons. The molecule has 0 fully saturated rings. The zero-order chi connectivity index (χ0) is 28.8. The van der Waals surface area contributed by atoms with Crippen LogP contribution >= 0.6 is 0 Å². The average Bonchev–Trinajstić information content (AvgIpc) is 2.83. The van der Waals surface area contributed by atoms with Gasteiger partial charge in [-0.1, -0.05) is 44.2 Å². The number of rotatable bonds is 17. The fourth-order valence-electron chi connectivity index (χ4n) is 3.57. The van der Waals surface area contributed by atoms with Gasteiger partial charge in [0.2, 0.25) is 23.6 Å². The van der Waals surface area contributed by atoms with E-state index in [1.54, 1.807) is 38.1 Å². The van der Waals surface area contributed by atoms with E-state index < -0.39 is 66.2 Å². The van der Waals surface area contributed by atoms with Crippen molar-refractivity contribution in [2.45, 2.75) is 76.5 Å². The number of hydrogen-bond donors (Lipinski definition) is 7. The van der Waals surface area contributed by atoms with Crippen molar-refractivity contribution in [2.24, 2.45) is 17.4 Å². The van der Waals surface area contributed by atoms with E-state index in [0.29, 0.717) is 0 Å². The van der Waals surface area contributed by atoms with Crippen molar-refractivity contribution in [1.29, 1.82) is 0 Å². The van der Waals surface area contributed by atoms with Crippen LogP contribution < -0.4 is 27.4 Å². The predicted octanol–water partition coefficient (Wildman–Crippen LogP) is -0.728. The largest absolute Gasteiger partial charge is 0.481 e. The molecule has 0 aliphatic rings. The van der Waals surface area contributed by atoms with Gasteiger partial charge in [0.15, 0.2) is 0 Å². The molecule has 0 saturated carbocycles. The summed E-state index contributed by atoms with van der Waals surface area (Å²) in [6.07, 6.45) is -0.909. The maximum absolute atomic E-state index is 13.1. The fourth-order valence-corrected chi connectivity index (χ4v) is 3.57. The van der Waals surface area contributed by atoms with Gasteiger partial charge in [0.05, 0.1) is 6.04 Å². The summed E-state index contributed by atoms with van der Waals surface area (Å²) in [5.74, 6) is -5.72. The molecular formula is C25H37N5O8. The topological polar surface area (TPSA) is 231 Å². The van der Waals surface area contributed by atoms with E-state index in [4.69, 9.17) is 16.6 Å². The molecule has 0 heterocycles. The van der Waals surface area contributed by atoms with Gasteiger partial charge in [-0.25, -0.2) is 4.79 Å². The lowest BCUT2D eigenvalue weighted by molar-refractivity contribution is -0.143. The molecule has 0 aromatic heterocycles. The van der Waals surface area contributed by atoms with E-state index in [-0.39, 0.29) is 38.0 Å². The molecule has 13 heteroatoms. The van der Waals surface area contributed by atoms with Crippen LogP contribution in [0.1, 0.15) is 51.5 Å². The molecule has 0 spiro atoms. The van der Waals surface area contributed by atoms with Crippen LogP contribution in [0.25, 0.3) is 0 Å². The molecule has 4 atom stereocenters. The van der Waals surface area contributed by atoms with Crippen LogP contribution in [0.2, 0.25) is 0 Å². The number of nitrogens with two attached hydrogens (primary N) is 2. The van der Waals surface area contributed by atoms with E-state index in [9.17, 15) is 33.9 Å². The highest BCUT2D eigenvalue weighted by molar-refractivity contribution is 5.94. The van der Waals surface area contributed by atoms with Crippen LogP contribution in [0.15, 0.2) is 30.3 Å². The summed E-state index contributed by atoms with van der Waals surface area (Å²) in [6, 6.07) is 4.06. The highest BCUT2D eigenvalue weighted by Gasteiger charge is 2.31. The van der Waals surface area contributed by atoms with E-state index in [2.05, 4.69) is 16.0 Å². The highest BCUT2D eigenvalue weighted by atomic mass is 16.4. The lowest BCUT2D eigenvalue weighted by Gasteiger charge is -2.26. The molecule has 4 unspecified atom stereocenters. The first kappa shape index (κ1) is 32.0. The van der Waals surface area contributed by atoms with Gasteiger partial charge in [-0.05, 0) is 37.2 Å². The van der Waals surface area contributed by atoms with Crippen LogP contribution in [0, 0.1) is 5.92 Å². The SMILES string of the molecule is CC(C)CC(NC(=O)C(CCC(N)=O)NC(=O)C(N)Cc1ccccc1)C(=O)NC(CCC(=O)O)C(=O)O. The summed E-state index contributed by atoms with van der Waals surface area (Å²) in [5.41, 5.74) is 12.0. The van der Waals surface area contributed by atoms with Crippen LogP contribution in [0.4, 0.5) is 0 Å². The number of carbonyl (C=O) groups is 6. The highest BCUT2D eigenvalue weighted by Crippen LogP contribution is 2.09. The summed E-state index contributed by atoms with van der Waals surface area (Å²) in [6.45, 7) is 3.56. The van der Waals surface area contributed by atoms with Gasteiger partial charge in [0.1, 0.15) is 18.1 Å². The molecule has 0 aliphatic carbocycles. The standard InChI is InChI=1S/C25H37N5O8/c1-14(2)12-19(24(36)29-18(25(37)38)9-11-21(32)33)30-23(35)17(8-10-20(27)31)28-22(34)16(26)13-15-6-4-3-5-7-15/h3-7,14,16-19H,8-13,26H2,1-2H3,(H2,27,31)(H,28,34)(H,29,36)(H,30,35)(H,32,33)(H,37,38). The second-order valence-electron chi connectivity index (χ2n) is 9.38. The van der Waals surface area contributed by atoms with E-state index in [0.717, 1.165) is 5.56 Å². The molecule has 1 aromatic carbocycles. The number of carboxylic acid groups (broad SMARTS) is 2. The maximum atomic E-state index is 13.1. The Balaban J connectivity index is 2.99. The molecule has 4 amide bonds. The predicted molar refractivity (Wildman–Crippen MR) is 136 cm³/mol. The molecular weight excluding hydrogens is 498 g/mol. The lowest BCUT2D eigenvalue weighted by atomic mass is 10.0. The summed E-state index contributed by atoms with van der Waals surface area (Å²) in [4.78, 5) is 72.4. The zero-order valence-corrected chi connectivity index (χ0v) is 21.5. The van der Waals surface area contributed by atoms with Gasteiger partial charge in [0, 0.05) is 12.8 Å². The smallest absolute Gasteiger partial charge is 0.326 e. The Bertz CT molecular complexity index is 985. The van der Waals surface area contributed by atoms with Gasteiger partial charge < -0.3 is 37.6 Å².